The van der Waals surface area contributed by atoms with E-state index in [9.17, 15) is 14.4 Å². The van der Waals surface area contributed by atoms with Gasteiger partial charge in [0.25, 0.3) is 5.91 Å². The molecule has 1 aromatic rings. The van der Waals surface area contributed by atoms with E-state index in [-0.39, 0.29) is 24.0 Å². The van der Waals surface area contributed by atoms with Crippen LogP contribution in [-0.4, -0.2) is 35.5 Å². The van der Waals surface area contributed by atoms with E-state index < -0.39 is 12.0 Å². The fraction of sp³-hybridized carbons (Fsp3) is 0.417. The number of carbonyl (C=O) groups excluding carboxylic acids is 2. The quantitative estimate of drug-likeness (QED) is 0.619. The number of amides is 2. The molecule has 0 aliphatic heterocycles. The van der Waals surface area contributed by atoms with E-state index in [2.05, 4.69) is 10.6 Å². The molecule has 1 atom stereocenters. The molecule has 0 radical (unpaired) electrons. The van der Waals surface area contributed by atoms with Gasteiger partial charge in [0, 0.05) is 13.0 Å². The van der Waals surface area contributed by atoms with Gasteiger partial charge in [0.05, 0.1) is 6.26 Å². The highest BCUT2D eigenvalue weighted by molar-refractivity contribution is 5.91. The number of carboxylic acid groups (broad SMARTS) is 1. The molecule has 0 spiro atoms. The maximum Gasteiger partial charge on any atom is 0.325 e. The smallest absolute Gasteiger partial charge is 0.325 e. The first-order valence-corrected chi connectivity index (χ1v) is 5.84. The average molecular weight is 268 g/mol. The fourth-order valence-electron chi connectivity index (χ4n) is 1.32. The summed E-state index contributed by atoms with van der Waals surface area (Å²) in [5.74, 6) is -1.57. The molecule has 104 valence electrons. The highest BCUT2D eigenvalue weighted by Gasteiger charge is 2.13. The van der Waals surface area contributed by atoms with Crippen LogP contribution in [0.25, 0.3) is 0 Å². The van der Waals surface area contributed by atoms with Crippen molar-refractivity contribution < 1.29 is 23.9 Å². The molecule has 0 aromatic carbocycles. The van der Waals surface area contributed by atoms with Gasteiger partial charge in [0.2, 0.25) is 5.91 Å². The van der Waals surface area contributed by atoms with Crippen LogP contribution in [0.15, 0.2) is 22.8 Å². The van der Waals surface area contributed by atoms with Gasteiger partial charge >= 0.3 is 5.97 Å². The highest BCUT2D eigenvalue weighted by Crippen LogP contribution is 1.99. The monoisotopic (exact) mass is 268 g/mol. The van der Waals surface area contributed by atoms with Crippen molar-refractivity contribution in [2.45, 2.75) is 25.8 Å². The number of hydrogen-bond acceptors (Lipinski definition) is 4. The number of nitrogens with one attached hydrogen (secondary N) is 2. The second-order valence-electron chi connectivity index (χ2n) is 3.96. The van der Waals surface area contributed by atoms with Crippen molar-refractivity contribution in [1.29, 1.82) is 0 Å². The van der Waals surface area contributed by atoms with E-state index in [1.165, 1.54) is 19.3 Å². The Kier molecular flexibility index (Phi) is 5.59. The lowest BCUT2D eigenvalue weighted by Crippen LogP contribution is -2.38. The van der Waals surface area contributed by atoms with Crippen LogP contribution in [0.2, 0.25) is 0 Å². The van der Waals surface area contributed by atoms with Crippen molar-refractivity contribution in [3.05, 3.63) is 24.2 Å². The van der Waals surface area contributed by atoms with Gasteiger partial charge in [-0.15, -0.1) is 0 Å². The average Bonchev–Trinajstić information content (AvgIpc) is 2.88. The summed E-state index contributed by atoms with van der Waals surface area (Å²) in [5, 5.41) is 13.5. The summed E-state index contributed by atoms with van der Waals surface area (Å²) < 4.78 is 4.90. The van der Waals surface area contributed by atoms with E-state index in [1.807, 2.05) is 0 Å². The van der Waals surface area contributed by atoms with Crippen LogP contribution < -0.4 is 10.6 Å². The molecule has 0 bridgehead atoms. The van der Waals surface area contributed by atoms with Crippen molar-refractivity contribution in [2.24, 2.45) is 0 Å². The molecule has 0 aliphatic rings. The Morgan fingerprint density at radius 2 is 2.16 bits per heavy atom. The van der Waals surface area contributed by atoms with Crippen LogP contribution >= 0.6 is 0 Å². The normalized spacial score (nSPS) is 11.6. The van der Waals surface area contributed by atoms with Gasteiger partial charge < -0.3 is 20.2 Å². The molecule has 7 nitrogen and oxygen atoms in total. The van der Waals surface area contributed by atoms with Crippen molar-refractivity contribution in [3.63, 3.8) is 0 Å². The predicted octanol–water partition coefficient (Wildman–Crippen LogP) is 0.379. The van der Waals surface area contributed by atoms with Crippen molar-refractivity contribution >= 4 is 17.8 Å². The Balaban J connectivity index is 2.15. The van der Waals surface area contributed by atoms with E-state index in [1.54, 1.807) is 6.07 Å². The second-order valence-corrected chi connectivity index (χ2v) is 3.96. The zero-order valence-electron chi connectivity index (χ0n) is 10.5. The summed E-state index contributed by atoms with van der Waals surface area (Å²) in [7, 11) is 0. The van der Waals surface area contributed by atoms with Crippen LogP contribution in [0.1, 0.15) is 30.3 Å². The van der Waals surface area contributed by atoms with E-state index >= 15 is 0 Å². The van der Waals surface area contributed by atoms with Gasteiger partial charge in [0.1, 0.15) is 6.04 Å². The topological polar surface area (TPSA) is 109 Å². The van der Waals surface area contributed by atoms with Crippen LogP contribution in [0.5, 0.6) is 0 Å². The van der Waals surface area contributed by atoms with Gasteiger partial charge in [-0.3, -0.25) is 14.4 Å². The van der Waals surface area contributed by atoms with Crippen molar-refractivity contribution in [2.75, 3.05) is 6.54 Å². The number of rotatable bonds is 7. The largest absolute Gasteiger partial charge is 0.480 e. The lowest BCUT2D eigenvalue weighted by Gasteiger charge is -2.09. The Bertz CT molecular complexity index is 441. The number of carboxylic acids is 1. The van der Waals surface area contributed by atoms with Crippen molar-refractivity contribution in [3.8, 4) is 0 Å². The zero-order valence-corrected chi connectivity index (χ0v) is 10.5. The SMILES string of the molecule is C[C@@H](NC(=O)CCCNC(=O)c1ccco1)C(=O)O. The summed E-state index contributed by atoms with van der Waals surface area (Å²) in [6, 6.07) is 2.23. The van der Waals surface area contributed by atoms with Crippen LogP contribution in [0.3, 0.4) is 0 Å². The summed E-state index contributed by atoms with van der Waals surface area (Å²) in [4.78, 5) is 33.3. The first-order valence-electron chi connectivity index (χ1n) is 5.84. The Labute approximate surface area is 110 Å². The standard InChI is InChI=1S/C12H16N2O5/c1-8(12(17)18)14-10(15)5-2-6-13-11(16)9-4-3-7-19-9/h3-4,7-8H,2,5-6H2,1H3,(H,13,16)(H,14,15)(H,17,18)/t8-/m1/s1. The molecule has 1 heterocycles. The lowest BCUT2D eigenvalue weighted by molar-refractivity contribution is -0.141. The first kappa shape index (κ1) is 14.7. The minimum Gasteiger partial charge on any atom is -0.480 e. The molecule has 0 fully saturated rings. The van der Waals surface area contributed by atoms with E-state index in [0.29, 0.717) is 13.0 Å². The maximum absolute atomic E-state index is 11.4. The molecular formula is C12H16N2O5. The zero-order chi connectivity index (χ0) is 14.3. The first-order chi connectivity index (χ1) is 9.00. The van der Waals surface area contributed by atoms with E-state index in [4.69, 9.17) is 9.52 Å². The van der Waals surface area contributed by atoms with E-state index in [0.717, 1.165) is 0 Å². The number of hydrogen-bond donors (Lipinski definition) is 3. The summed E-state index contributed by atoms with van der Waals surface area (Å²) in [5.41, 5.74) is 0. The van der Waals surface area contributed by atoms with Gasteiger partial charge in [-0.25, -0.2) is 0 Å². The van der Waals surface area contributed by atoms with Crippen LogP contribution in [0.4, 0.5) is 0 Å². The third-order valence-corrected chi connectivity index (χ3v) is 2.36. The number of carbonyl (C=O) groups is 3. The van der Waals surface area contributed by atoms with Gasteiger partial charge in [-0.2, -0.15) is 0 Å². The van der Waals surface area contributed by atoms with Gasteiger partial charge in [0.15, 0.2) is 5.76 Å². The second kappa shape index (κ2) is 7.20. The molecule has 1 rings (SSSR count). The molecule has 0 aliphatic carbocycles. The third kappa shape index (κ3) is 5.24. The fourth-order valence-corrected chi connectivity index (χ4v) is 1.32. The van der Waals surface area contributed by atoms with Crippen LogP contribution in [-0.2, 0) is 9.59 Å². The minimum absolute atomic E-state index is 0.149. The van der Waals surface area contributed by atoms with Crippen LogP contribution in [0, 0.1) is 0 Å². The summed E-state index contributed by atoms with van der Waals surface area (Å²) in [6.07, 6.45) is 1.97. The van der Waals surface area contributed by atoms with Gasteiger partial charge in [-0.1, -0.05) is 0 Å². The lowest BCUT2D eigenvalue weighted by atomic mass is 10.2. The summed E-state index contributed by atoms with van der Waals surface area (Å²) >= 11 is 0. The minimum atomic E-state index is -1.08. The Hall–Kier alpha value is -2.31. The molecule has 7 heteroatoms. The molecule has 2 amide bonds. The molecule has 3 N–H and O–H groups in total. The molecule has 1 aromatic heterocycles. The third-order valence-electron chi connectivity index (χ3n) is 2.36. The summed E-state index contributed by atoms with van der Waals surface area (Å²) in [6.45, 7) is 1.70. The molecule has 19 heavy (non-hydrogen) atoms. The molecular weight excluding hydrogens is 252 g/mol. The Morgan fingerprint density at radius 3 is 2.74 bits per heavy atom. The molecule has 0 saturated heterocycles. The number of aliphatic carboxylic acids is 1. The molecule has 0 saturated carbocycles. The van der Waals surface area contributed by atoms with Crippen molar-refractivity contribution in [1.82, 2.24) is 10.6 Å². The molecule has 0 unspecified atom stereocenters. The van der Waals surface area contributed by atoms with Gasteiger partial charge in [-0.05, 0) is 25.5 Å². The Morgan fingerprint density at radius 1 is 1.42 bits per heavy atom. The highest BCUT2D eigenvalue weighted by atomic mass is 16.4. The predicted molar refractivity (Wildman–Crippen MR) is 65.5 cm³/mol. The number of furan rings is 1. The maximum atomic E-state index is 11.4.